The Labute approximate surface area is 127 Å². The maximum Gasteiger partial charge on any atom is 0.359 e. The van der Waals surface area contributed by atoms with Gasteiger partial charge in [-0.05, 0) is 38.2 Å². The first kappa shape index (κ1) is 15.7. The maximum absolute atomic E-state index is 12.4. The molecule has 0 radical (unpaired) electrons. The molecule has 0 bridgehead atoms. The van der Waals surface area contributed by atoms with Crippen molar-refractivity contribution in [1.82, 2.24) is 9.27 Å². The lowest BCUT2D eigenvalue weighted by Gasteiger charge is -2.29. The Morgan fingerprint density at radius 2 is 2.24 bits per heavy atom. The summed E-state index contributed by atoms with van der Waals surface area (Å²) < 4.78 is 8.54. The average Bonchev–Trinajstić information content (AvgIpc) is 3.14. The first-order valence-electron chi connectivity index (χ1n) is 6.64. The number of urea groups is 1. The van der Waals surface area contributed by atoms with Crippen molar-refractivity contribution < 1.29 is 19.4 Å². The van der Waals surface area contributed by atoms with E-state index < -0.39 is 11.6 Å². The van der Waals surface area contributed by atoms with E-state index in [9.17, 15) is 14.7 Å². The smallest absolute Gasteiger partial charge is 0.359 e. The quantitative estimate of drug-likeness (QED) is 0.807. The highest BCUT2D eigenvalue weighted by molar-refractivity contribution is 7.04. The van der Waals surface area contributed by atoms with Gasteiger partial charge in [0.25, 0.3) is 0 Å². The van der Waals surface area contributed by atoms with Crippen LogP contribution in [0.2, 0.25) is 0 Å². The van der Waals surface area contributed by atoms with Crippen molar-refractivity contribution in [2.45, 2.75) is 38.3 Å². The number of nitrogens with one attached hydrogen (secondary N) is 1. The summed E-state index contributed by atoms with van der Waals surface area (Å²) >= 11 is 1.07. The Morgan fingerprint density at radius 3 is 2.76 bits per heavy atom. The molecule has 1 aromatic rings. The van der Waals surface area contributed by atoms with E-state index in [1.165, 1.54) is 7.11 Å². The zero-order valence-electron chi connectivity index (χ0n) is 12.3. The van der Waals surface area contributed by atoms with Gasteiger partial charge >= 0.3 is 12.0 Å². The van der Waals surface area contributed by atoms with E-state index in [4.69, 9.17) is 0 Å². The number of methoxy groups -OCH3 is 1. The normalized spacial score (nSPS) is 14.7. The highest BCUT2D eigenvalue weighted by Gasteiger charge is 2.36. The minimum absolute atomic E-state index is 0.0925. The Morgan fingerprint density at radius 1 is 1.57 bits per heavy atom. The number of hydrogen-bond donors (Lipinski definition) is 2. The second kappa shape index (κ2) is 5.98. The third-order valence-corrected chi connectivity index (χ3v) is 3.62. The Balaban J connectivity index is 2.09. The molecule has 2 amide bonds. The molecule has 1 aliphatic rings. The van der Waals surface area contributed by atoms with Crippen molar-refractivity contribution in [1.29, 1.82) is 0 Å². The number of hydrogen-bond acceptors (Lipinski definition) is 6. The van der Waals surface area contributed by atoms with Gasteiger partial charge in [-0.1, -0.05) is 0 Å². The molecule has 2 N–H and O–H groups in total. The van der Waals surface area contributed by atoms with Crippen molar-refractivity contribution in [3.8, 4) is 0 Å². The lowest BCUT2D eigenvalue weighted by Crippen LogP contribution is -2.45. The molecule has 0 spiro atoms. The standard InChI is InChI=1S/C13H19N3O4S/c1-13(2,19)7-16(8-4-5-8)12(18)14-9-6-21-15-10(9)11(17)20-3/h6,8,19H,4-5,7H2,1-3H3,(H,14,18). The summed E-state index contributed by atoms with van der Waals surface area (Å²) in [6, 6.07) is -0.199. The minimum Gasteiger partial charge on any atom is -0.464 e. The van der Waals surface area contributed by atoms with Crippen LogP contribution in [0.15, 0.2) is 5.38 Å². The van der Waals surface area contributed by atoms with E-state index in [0.29, 0.717) is 5.69 Å². The third kappa shape index (κ3) is 4.15. The summed E-state index contributed by atoms with van der Waals surface area (Å²) in [5.41, 5.74) is -0.550. The molecule has 0 aliphatic heterocycles. The molecule has 2 rings (SSSR count). The van der Waals surface area contributed by atoms with Gasteiger partial charge in [0.05, 0.1) is 24.9 Å². The van der Waals surface area contributed by atoms with Crippen molar-refractivity contribution >= 4 is 29.2 Å². The van der Waals surface area contributed by atoms with E-state index in [1.807, 2.05) is 0 Å². The molecular weight excluding hydrogens is 294 g/mol. The lowest BCUT2D eigenvalue weighted by molar-refractivity contribution is 0.0467. The zero-order chi connectivity index (χ0) is 15.6. The first-order valence-corrected chi connectivity index (χ1v) is 7.48. The number of aromatic nitrogens is 1. The predicted molar refractivity (Wildman–Crippen MR) is 78.5 cm³/mol. The molecule has 116 valence electrons. The van der Waals surface area contributed by atoms with Gasteiger partial charge in [0.1, 0.15) is 0 Å². The van der Waals surface area contributed by atoms with Crippen LogP contribution in [-0.4, -0.2) is 51.7 Å². The highest BCUT2D eigenvalue weighted by atomic mass is 32.1. The van der Waals surface area contributed by atoms with Crippen LogP contribution in [0, 0.1) is 0 Å². The third-order valence-electron chi connectivity index (χ3n) is 3.00. The van der Waals surface area contributed by atoms with Crippen molar-refractivity contribution in [3.63, 3.8) is 0 Å². The second-order valence-electron chi connectivity index (χ2n) is 5.67. The lowest BCUT2D eigenvalue weighted by atomic mass is 10.1. The molecule has 21 heavy (non-hydrogen) atoms. The number of amides is 2. The van der Waals surface area contributed by atoms with Crippen LogP contribution in [0.1, 0.15) is 37.2 Å². The van der Waals surface area contributed by atoms with Gasteiger partial charge in [-0.3, -0.25) is 0 Å². The van der Waals surface area contributed by atoms with Crippen LogP contribution in [0.3, 0.4) is 0 Å². The Kier molecular flexibility index (Phi) is 4.48. The van der Waals surface area contributed by atoms with Gasteiger partial charge in [0.15, 0.2) is 5.69 Å². The van der Waals surface area contributed by atoms with E-state index in [-0.39, 0.29) is 24.3 Å². The predicted octanol–water partition coefficient (Wildman–Crippen LogP) is 1.70. The van der Waals surface area contributed by atoms with E-state index in [2.05, 4.69) is 14.4 Å². The number of nitrogens with zero attached hydrogens (tertiary/aromatic N) is 2. The van der Waals surface area contributed by atoms with Gasteiger partial charge in [0.2, 0.25) is 0 Å². The molecule has 1 aliphatic carbocycles. The van der Waals surface area contributed by atoms with Crippen molar-refractivity contribution in [2.75, 3.05) is 19.0 Å². The van der Waals surface area contributed by atoms with Crippen LogP contribution in [-0.2, 0) is 4.74 Å². The van der Waals surface area contributed by atoms with Crippen LogP contribution in [0.5, 0.6) is 0 Å². The molecule has 1 aromatic heterocycles. The van der Waals surface area contributed by atoms with Gasteiger partial charge in [-0.2, -0.15) is 4.37 Å². The molecule has 0 unspecified atom stereocenters. The molecular formula is C13H19N3O4S. The topological polar surface area (TPSA) is 91.8 Å². The van der Waals surface area contributed by atoms with Gasteiger partial charge in [0, 0.05) is 11.4 Å². The number of carbonyl (C=O) groups excluding carboxylic acids is 2. The van der Waals surface area contributed by atoms with E-state index in [1.54, 1.807) is 24.1 Å². The molecule has 7 nitrogen and oxygen atoms in total. The number of ether oxygens (including phenoxy) is 1. The number of anilines is 1. The van der Waals surface area contributed by atoms with Crippen LogP contribution in [0.25, 0.3) is 0 Å². The summed E-state index contributed by atoms with van der Waals surface area (Å²) in [7, 11) is 1.26. The number of carbonyl (C=O) groups is 2. The molecule has 0 atom stereocenters. The molecule has 8 heteroatoms. The molecule has 0 aromatic carbocycles. The van der Waals surface area contributed by atoms with E-state index in [0.717, 1.165) is 24.4 Å². The Bertz CT molecular complexity index is 534. The second-order valence-corrected chi connectivity index (χ2v) is 6.30. The molecule has 1 fully saturated rings. The zero-order valence-corrected chi connectivity index (χ0v) is 13.1. The van der Waals surface area contributed by atoms with E-state index >= 15 is 0 Å². The highest BCUT2D eigenvalue weighted by Crippen LogP contribution is 2.29. The average molecular weight is 313 g/mol. The van der Waals surface area contributed by atoms with Gasteiger partial charge < -0.3 is 20.1 Å². The van der Waals surface area contributed by atoms with Crippen LogP contribution >= 0.6 is 11.5 Å². The first-order chi connectivity index (χ1) is 9.81. The Hall–Kier alpha value is -1.67. The largest absolute Gasteiger partial charge is 0.464 e. The fourth-order valence-electron chi connectivity index (χ4n) is 1.93. The van der Waals surface area contributed by atoms with Crippen LogP contribution in [0.4, 0.5) is 10.5 Å². The number of aliphatic hydroxyl groups is 1. The summed E-state index contributed by atoms with van der Waals surface area (Å²) in [6.45, 7) is 3.54. The molecule has 1 heterocycles. The molecule has 0 saturated heterocycles. The maximum atomic E-state index is 12.4. The number of esters is 1. The minimum atomic E-state index is -0.974. The SMILES string of the molecule is COC(=O)c1nscc1NC(=O)N(CC(C)(C)O)C1CC1. The van der Waals surface area contributed by atoms with Gasteiger partial charge in [-0.15, -0.1) is 0 Å². The summed E-state index contributed by atoms with van der Waals surface area (Å²) in [6.07, 6.45) is 1.85. The van der Waals surface area contributed by atoms with Crippen molar-refractivity contribution in [3.05, 3.63) is 11.1 Å². The fraction of sp³-hybridized carbons (Fsp3) is 0.615. The molecule has 1 saturated carbocycles. The van der Waals surface area contributed by atoms with Crippen LogP contribution < -0.4 is 5.32 Å². The summed E-state index contributed by atoms with van der Waals surface area (Å²) in [4.78, 5) is 25.5. The van der Waals surface area contributed by atoms with Gasteiger partial charge in [-0.25, -0.2) is 9.59 Å². The number of rotatable bonds is 5. The fourth-order valence-corrected chi connectivity index (χ4v) is 2.53. The summed E-state index contributed by atoms with van der Waals surface area (Å²) in [5, 5.41) is 14.2. The summed E-state index contributed by atoms with van der Waals surface area (Å²) in [5.74, 6) is -0.591. The monoisotopic (exact) mass is 313 g/mol. The van der Waals surface area contributed by atoms with Crippen molar-refractivity contribution in [2.24, 2.45) is 0 Å².